The van der Waals surface area contributed by atoms with Crippen LogP contribution in [0.15, 0.2) is 18.2 Å². The second-order valence-corrected chi connectivity index (χ2v) is 4.39. The van der Waals surface area contributed by atoms with E-state index in [0.717, 1.165) is 0 Å². The monoisotopic (exact) mass is 288 g/mol. The summed E-state index contributed by atoms with van der Waals surface area (Å²) in [6.07, 6.45) is 0.339. The van der Waals surface area contributed by atoms with Gasteiger partial charge in [-0.25, -0.2) is 4.39 Å². The van der Waals surface area contributed by atoms with Crippen molar-refractivity contribution in [2.45, 2.75) is 13.0 Å². The van der Waals surface area contributed by atoms with Crippen LogP contribution >= 0.6 is 11.6 Å². The van der Waals surface area contributed by atoms with Gasteiger partial charge in [-0.2, -0.15) is 0 Å². The van der Waals surface area contributed by atoms with Crippen LogP contribution in [0.2, 0.25) is 5.02 Å². The molecule has 0 aliphatic heterocycles. The van der Waals surface area contributed by atoms with E-state index in [0.29, 0.717) is 38.2 Å². The molecule has 19 heavy (non-hydrogen) atoms. The van der Waals surface area contributed by atoms with E-state index in [9.17, 15) is 9.18 Å². The lowest BCUT2D eigenvalue weighted by molar-refractivity contribution is -0.121. The summed E-state index contributed by atoms with van der Waals surface area (Å²) in [6, 6.07) is 4.86. The summed E-state index contributed by atoms with van der Waals surface area (Å²) in [6.45, 7) is 1.81. The highest BCUT2D eigenvalue weighted by molar-refractivity contribution is 6.30. The Hall–Kier alpha value is -1.17. The van der Waals surface area contributed by atoms with E-state index in [4.69, 9.17) is 16.3 Å². The third-order valence-electron chi connectivity index (χ3n) is 2.50. The number of halogens is 2. The fourth-order valence-electron chi connectivity index (χ4n) is 1.49. The molecule has 0 saturated carbocycles. The maximum absolute atomic E-state index is 13.5. The molecule has 0 fully saturated rings. The van der Waals surface area contributed by atoms with E-state index in [1.807, 2.05) is 0 Å². The Balaban J connectivity index is 2.20. The predicted octanol–water partition coefficient (Wildman–Crippen LogP) is 1.72. The molecule has 0 atom stereocenters. The third-order valence-corrected chi connectivity index (χ3v) is 2.80. The average Bonchev–Trinajstić information content (AvgIpc) is 2.39. The molecule has 1 aromatic rings. The lowest BCUT2D eigenvalue weighted by Gasteiger charge is -2.07. The Labute approximate surface area is 117 Å². The molecule has 4 nitrogen and oxygen atoms in total. The molecule has 2 N–H and O–H groups in total. The molecule has 0 aliphatic rings. The van der Waals surface area contributed by atoms with E-state index in [-0.39, 0.29) is 10.9 Å². The van der Waals surface area contributed by atoms with Gasteiger partial charge in [0.2, 0.25) is 5.91 Å². The van der Waals surface area contributed by atoms with Crippen molar-refractivity contribution in [2.75, 3.05) is 26.8 Å². The summed E-state index contributed by atoms with van der Waals surface area (Å²) in [5, 5.41) is 5.81. The topological polar surface area (TPSA) is 50.4 Å². The maximum atomic E-state index is 13.5. The van der Waals surface area contributed by atoms with Crippen LogP contribution in [0.4, 0.5) is 4.39 Å². The number of amides is 1. The molecule has 0 radical (unpaired) electrons. The SMILES string of the molecule is COCCNC(=O)CCNCc1cccc(Cl)c1F. The number of hydrogen-bond acceptors (Lipinski definition) is 3. The van der Waals surface area contributed by atoms with Gasteiger partial charge in [-0.3, -0.25) is 4.79 Å². The minimum absolute atomic E-state index is 0.0592. The van der Waals surface area contributed by atoms with Gasteiger partial charge in [0, 0.05) is 38.7 Å². The molecule has 1 amide bonds. The zero-order chi connectivity index (χ0) is 14.1. The van der Waals surface area contributed by atoms with E-state index < -0.39 is 5.82 Å². The maximum Gasteiger partial charge on any atom is 0.221 e. The van der Waals surface area contributed by atoms with Gasteiger partial charge < -0.3 is 15.4 Å². The molecule has 0 aromatic heterocycles. The highest BCUT2D eigenvalue weighted by Gasteiger charge is 2.06. The van der Waals surface area contributed by atoms with Gasteiger partial charge >= 0.3 is 0 Å². The molecule has 1 rings (SSSR count). The zero-order valence-electron chi connectivity index (χ0n) is 10.8. The van der Waals surface area contributed by atoms with Gasteiger partial charge in [-0.15, -0.1) is 0 Å². The average molecular weight is 289 g/mol. The minimum atomic E-state index is -0.416. The largest absolute Gasteiger partial charge is 0.383 e. The molecule has 0 unspecified atom stereocenters. The van der Waals surface area contributed by atoms with Gasteiger partial charge in [-0.1, -0.05) is 23.7 Å². The van der Waals surface area contributed by atoms with Crippen molar-refractivity contribution in [1.29, 1.82) is 0 Å². The first-order valence-electron chi connectivity index (χ1n) is 6.04. The lowest BCUT2D eigenvalue weighted by Crippen LogP contribution is -2.30. The molecular weight excluding hydrogens is 271 g/mol. The number of carbonyl (C=O) groups is 1. The van der Waals surface area contributed by atoms with Crippen molar-refractivity contribution in [3.8, 4) is 0 Å². The lowest BCUT2D eigenvalue weighted by atomic mass is 10.2. The minimum Gasteiger partial charge on any atom is -0.383 e. The second kappa shape index (κ2) is 8.85. The highest BCUT2D eigenvalue weighted by Crippen LogP contribution is 2.17. The van der Waals surface area contributed by atoms with Crippen LogP contribution in [0.25, 0.3) is 0 Å². The number of nitrogens with one attached hydrogen (secondary N) is 2. The van der Waals surface area contributed by atoms with Gasteiger partial charge in [0.1, 0.15) is 5.82 Å². The van der Waals surface area contributed by atoms with Crippen molar-refractivity contribution in [3.63, 3.8) is 0 Å². The van der Waals surface area contributed by atoms with Crippen LogP contribution in [-0.2, 0) is 16.1 Å². The molecular formula is C13H18ClFN2O2. The van der Waals surface area contributed by atoms with Gasteiger partial charge in [0.15, 0.2) is 0 Å². The summed E-state index contributed by atoms with van der Waals surface area (Å²) in [7, 11) is 1.58. The van der Waals surface area contributed by atoms with Crippen LogP contribution in [-0.4, -0.2) is 32.7 Å². The standard InChI is InChI=1S/C13H18ClFN2O2/c1-19-8-7-17-12(18)5-6-16-9-10-3-2-4-11(14)13(10)15/h2-4,16H,5-9H2,1H3,(H,17,18). The van der Waals surface area contributed by atoms with Crippen molar-refractivity contribution in [2.24, 2.45) is 0 Å². The first-order valence-corrected chi connectivity index (χ1v) is 6.42. The van der Waals surface area contributed by atoms with E-state index >= 15 is 0 Å². The number of carbonyl (C=O) groups excluding carboxylic acids is 1. The van der Waals surface area contributed by atoms with Crippen molar-refractivity contribution < 1.29 is 13.9 Å². The summed E-state index contributed by atoms with van der Waals surface area (Å²) in [5.41, 5.74) is 0.493. The Morgan fingerprint density at radius 2 is 2.21 bits per heavy atom. The quantitative estimate of drug-likeness (QED) is 0.716. The third kappa shape index (κ3) is 6.00. The van der Waals surface area contributed by atoms with Gasteiger partial charge in [0.25, 0.3) is 0 Å². The normalized spacial score (nSPS) is 10.5. The molecule has 6 heteroatoms. The summed E-state index contributed by atoms with van der Waals surface area (Å²) >= 11 is 5.67. The molecule has 0 heterocycles. The van der Waals surface area contributed by atoms with E-state index in [2.05, 4.69) is 10.6 Å². The molecule has 0 spiro atoms. The molecule has 0 saturated heterocycles. The van der Waals surface area contributed by atoms with Crippen LogP contribution in [0.5, 0.6) is 0 Å². The number of benzene rings is 1. The van der Waals surface area contributed by atoms with Crippen LogP contribution in [0.1, 0.15) is 12.0 Å². The number of ether oxygens (including phenoxy) is 1. The molecule has 106 valence electrons. The molecule has 0 aliphatic carbocycles. The van der Waals surface area contributed by atoms with Crippen LogP contribution in [0.3, 0.4) is 0 Å². The highest BCUT2D eigenvalue weighted by atomic mass is 35.5. The number of hydrogen-bond donors (Lipinski definition) is 2. The smallest absolute Gasteiger partial charge is 0.221 e. The second-order valence-electron chi connectivity index (χ2n) is 3.98. The first-order chi connectivity index (χ1) is 9.15. The summed E-state index contributed by atoms with van der Waals surface area (Å²) in [5.74, 6) is -0.475. The Bertz CT molecular complexity index is 416. The van der Waals surface area contributed by atoms with Crippen molar-refractivity contribution in [3.05, 3.63) is 34.6 Å². The van der Waals surface area contributed by atoms with Crippen molar-refractivity contribution >= 4 is 17.5 Å². The van der Waals surface area contributed by atoms with E-state index in [1.165, 1.54) is 6.07 Å². The zero-order valence-corrected chi connectivity index (χ0v) is 11.6. The number of methoxy groups -OCH3 is 1. The van der Waals surface area contributed by atoms with Gasteiger partial charge in [0.05, 0.1) is 11.6 Å². The van der Waals surface area contributed by atoms with Crippen LogP contribution in [0, 0.1) is 5.82 Å². The summed E-state index contributed by atoms with van der Waals surface area (Å²) in [4.78, 5) is 11.3. The predicted molar refractivity (Wildman–Crippen MR) is 72.6 cm³/mol. The van der Waals surface area contributed by atoms with Gasteiger partial charge in [-0.05, 0) is 6.07 Å². The molecule has 1 aromatic carbocycles. The van der Waals surface area contributed by atoms with Crippen LogP contribution < -0.4 is 10.6 Å². The van der Waals surface area contributed by atoms with Crippen molar-refractivity contribution in [1.82, 2.24) is 10.6 Å². The van der Waals surface area contributed by atoms with E-state index in [1.54, 1.807) is 19.2 Å². The number of rotatable bonds is 8. The Morgan fingerprint density at radius 3 is 2.95 bits per heavy atom. The molecule has 0 bridgehead atoms. The fourth-order valence-corrected chi connectivity index (χ4v) is 1.68. The Kier molecular flexibility index (Phi) is 7.40. The fraction of sp³-hybridized carbons (Fsp3) is 0.462. The Morgan fingerprint density at radius 1 is 1.42 bits per heavy atom. The first kappa shape index (κ1) is 15.9. The summed E-state index contributed by atoms with van der Waals surface area (Å²) < 4.78 is 18.3.